The molecule has 5 nitrogen and oxygen atoms in total. The molecule has 0 aliphatic heterocycles. The predicted octanol–water partition coefficient (Wildman–Crippen LogP) is 1.97. The van der Waals surface area contributed by atoms with Crippen molar-refractivity contribution in [3.8, 4) is 0 Å². The first-order valence-corrected chi connectivity index (χ1v) is 7.89. The van der Waals surface area contributed by atoms with Gasteiger partial charge >= 0.3 is 5.63 Å². The minimum atomic E-state index is -0.514. The number of rotatable bonds is 6. The lowest BCUT2D eigenvalue weighted by atomic mass is 10.0. The van der Waals surface area contributed by atoms with Gasteiger partial charge < -0.3 is 14.6 Å². The molecule has 0 spiro atoms. The SMILES string of the molecule is Cc1ccc2c(CN(C[C@@H](C)O)[C@H](C)CO)cc(=O)oc2c1C. The van der Waals surface area contributed by atoms with Gasteiger partial charge in [0.05, 0.1) is 12.7 Å². The topological polar surface area (TPSA) is 73.9 Å². The molecule has 5 heteroatoms. The highest BCUT2D eigenvalue weighted by Crippen LogP contribution is 2.24. The molecular formula is C18H25NO4. The zero-order chi connectivity index (χ0) is 17.1. The number of benzene rings is 1. The van der Waals surface area contributed by atoms with Gasteiger partial charge in [-0.1, -0.05) is 12.1 Å². The lowest BCUT2D eigenvalue weighted by Gasteiger charge is -2.29. The van der Waals surface area contributed by atoms with E-state index >= 15 is 0 Å². The van der Waals surface area contributed by atoms with Gasteiger partial charge in [-0.2, -0.15) is 0 Å². The second-order valence-corrected chi connectivity index (χ2v) is 6.28. The maximum atomic E-state index is 11.9. The molecule has 1 heterocycles. The Morgan fingerprint density at radius 3 is 2.57 bits per heavy atom. The van der Waals surface area contributed by atoms with Crippen LogP contribution in [-0.4, -0.2) is 40.4 Å². The van der Waals surface area contributed by atoms with Crippen LogP contribution < -0.4 is 5.63 Å². The van der Waals surface area contributed by atoms with Crippen molar-refractivity contribution in [2.75, 3.05) is 13.2 Å². The van der Waals surface area contributed by atoms with Crippen molar-refractivity contribution in [3.63, 3.8) is 0 Å². The smallest absolute Gasteiger partial charge is 0.336 e. The van der Waals surface area contributed by atoms with E-state index in [0.29, 0.717) is 18.7 Å². The molecule has 23 heavy (non-hydrogen) atoms. The predicted molar refractivity (Wildman–Crippen MR) is 90.6 cm³/mol. The van der Waals surface area contributed by atoms with Crippen molar-refractivity contribution in [3.05, 3.63) is 45.3 Å². The summed E-state index contributed by atoms with van der Waals surface area (Å²) in [6.45, 7) is 8.41. The van der Waals surface area contributed by atoms with E-state index in [1.54, 1.807) is 6.92 Å². The Kier molecular flexibility index (Phi) is 5.57. The van der Waals surface area contributed by atoms with Crippen LogP contribution in [0.2, 0.25) is 0 Å². The maximum Gasteiger partial charge on any atom is 0.336 e. The Labute approximate surface area is 136 Å². The van der Waals surface area contributed by atoms with Crippen molar-refractivity contribution in [1.82, 2.24) is 4.90 Å². The number of aliphatic hydroxyl groups is 2. The fraction of sp³-hybridized carbons (Fsp3) is 0.500. The molecule has 0 saturated heterocycles. The number of aryl methyl sites for hydroxylation is 2. The monoisotopic (exact) mass is 319 g/mol. The van der Waals surface area contributed by atoms with Crippen molar-refractivity contribution in [1.29, 1.82) is 0 Å². The second kappa shape index (κ2) is 7.25. The summed E-state index contributed by atoms with van der Waals surface area (Å²) in [5.41, 5.74) is 3.11. The number of hydrogen-bond donors (Lipinski definition) is 2. The molecule has 0 unspecified atom stereocenters. The fourth-order valence-corrected chi connectivity index (χ4v) is 2.73. The van der Waals surface area contributed by atoms with Crippen LogP contribution in [0.3, 0.4) is 0 Å². The Morgan fingerprint density at radius 2 is 1.96 bits per heavy atom. The third-order valence-electron chi connectivity index (χ3n) is 4.28. The summed E-state index contributed by atoms with van der Waals surface area (Å²) in [4.78, 5) is 13.9. The average Bonchev–Trinajstić information content (AvgIpc) is 2.49. The van der Waals surface area contributed by atoms with Crippen LogP contribution in [0, 0.1) is 13.8 Å². The summed E-state index contributed by atoms with van der Waals surface area (Å²) < 4.78 is 5.39. The van der Waals surface area contributed by atoms with Crippen LogP contribution in [-0.2, 0) is 6.54 Å². The number of hydrogen-bond acceptors (Lipinski definition) is 5. The molecule has 1 aromatic heterocycles. The molecule has 0 aliphatic rings. The quantitative estimate of drug-likeness (QED) is 0.796. The third kappa shape index (κ3) is 3.99. The molecule has 1 aromatic carbocycles. The van der Waals surface area contributed by atoms with Gasteiger partial charge in [0.15, 0.2) is 0 Å². The standard InChI is InChI=1S/C18H25NO4/c1-11-5-6-16-15(7-17(22)23-18(16)14(11)4)9-19(8-13(3)21)12(2)10-20/h5-7,12-13,20-21H,8-10H2,1-4H3/t12-,13-/m1/s1. The average molecular weight is 319 g/mol. The molecule has 0 aliphatic carbocycles. The zero-order valence-corrected chi connectivity index (χ0v) is 14.2. The van der Waals surface area contributed by atoms with Crippen molar-refractivity contribution in [2.24, 2.45) is 0 Å². The van der Waals surface area contributed by atoms with Crippen LogP contribution in [0.25, 0.3) is 11.0 Å². The van der Waals surface area contributed by atoms with Crippen molar-refractivity contribution >= 4 is 11.0 Å². The summed E-state index contributed by atoms with van der Waals surface area (Å²) in [7, 11) is 0. The highest BCUT2D eigenvalue weighted by atomic mass is 16.4. The third-order valence-corrected chi connectivity index (χ3v) is 4.28. The molecule has 0 bridgehead atoms. The fourth-order valence-electron chi connectivity index (χ4n) is 2.73. The largest absolute Gasteiger partial charge is 0.422 e. The van der Waals surface area contributed by atoms with E-state index in [9.17, 15) is 15.0 Å². The Morgan fingerprint density at radius 1 is 1.26 bits per heavy atom. The molecule has 0 amide bonds. The van der Waals surface area contributed by atoms with E-state index in [2.05, 4.69) is 0 Å². The molecule has 2 aromatic rings. The zero-order valence-electron chi connectivity index (χ0n) is 14.2. The van der Waals surface area contributed by atoms with Gasteiger partial charge in [0, 0.05) is 30.6 Å². The highest BCUT2D eigenvalue weighted by Gasteiger charge is 2.18. The van der Waals surface area contributed by atoms with Crippen LogP contribution >= 0.6 is 0 Å². The molecular weight excluding hydrogens is 294 g/mol. The lowest BCUT2D eigenvalue weighted by Crippen LogP contribution is -2.39. The van der Waals surface area contributed by atoms with Crippen LogP contribution in [0.15, 0.2) is 27.4 Å². The minimum Gasteiger partial charge on any atom is -0.422 e. The Hall–Kier alpha value is -1.69. The molecule has 126 valence electrons. The summed E-state index contributed by atoms with van der Waals surface area (Å²) in [6.07, 6.45) is -0.514. The van der Waals surface area contributed by atoms with Crippen LogP contribution in [0.1, 0.15) is 30.5 Å². The molecule has 2 rings (SSSR count). The van der Waals surface area contributed by atoms with Crippen LogP contribution in [0.4, 0.5) is 0 Å². The maximum absolute atomic E-state index is 11.9. The Balaban J connectivity index is 2.49. The van der Waals surface area contributed by atoms with Gasteiger partial charge in [-0.15, -0.1) is 0 Å². The highest BCUT2D eigenvalue weighted by molar-refractivity contribution is 5.83. The van der Waals surface area contributed by atoms with E-state index in [-0.39, 0.29) is 18.3 Å². The van der Waals surface area contributed by atoms with E-state index in [0.717, 1.165) is 22.1 Å². The van der Waals surface area contributed by atoms with E-state index in [1.165, 1.54) is 6.07 Å². The first-order valence-electron chi connectivity index (χ1n) is 7.89. The minimum absolute atomic E-state index is 0.00969. The van der Waals surface area contributed by atoms with Gasteiger partial charge in [-0.25, -0.2) is 4.79 Å². The van der Waals surface area contributed by atoms with E-state index in [1.807, 2.05) is 37.8 Å². The lowest BCUT2D eigenvalue weighted by molar-refractivity contribution is 0.0721. The molecule has 2 N–H and O–H groups in total. The number of fused-ring (bicyclic) bond motifs is 1. The normalized spacial score (nSPS) is 14.4. The van der Waals surface area contributed by atoms with Gasteiger partial charge in [0.2, 0.25) is 0 Å². The molecule has 0 fully saturated rings. The van der Waals surface area contributed by atoms with Crippen molar-refractivity contribution < 1.29 is 14.6 Å². The summed E-state index contributed by atoms with van der Waals surface area (Å²) >= 11 is 0. The summed E-state index contributed by atoms with van der Waals surface area (Å²) in [5, 5.41) is 20.0. The summed E-state index contributed by atoms with van der Waals surface area (Å²) in [6, 6.07) is 5.35. The first-order chi connectivity index (χ1) is 10.8. The van der Waals surface area contributed by atoms with Gasteiger partial charge in [-0.3, -0.25) is 4.90 Å². The van der Waals surface area contributed by atoms with Gasteiger partial charge in [0.25, 0.3) is 0 Å². The first kappa shape index (κ1) is 17.7. The molecule has 0 saturated carbocycles. The Bertz CT molecular complexity index is 736. The van der Waals surface area contributed by atoms with Crippen LogP contribution in [0.5, 0.6) is 0 Å². The molecule has 2 atom stereocenters. The van der Waals surface area contributed by atoms with Gasteiger partial charge in [0.1, 0.15) is 5.58 Å². The van der Waals surface area contributed by atoms with Gasteiger partial charge in [-0.05, 0) is 44.4 Å². The number of aliphatic hydroxyl groups excluding tert-OH is 2. The molecule has 0 radical (unpaired) electrons. The van der Waals surface area contributed by atoms with E-state index < -0.39 is 6.10 Å². The number of nitrogens with zero attached hydrogens (tertiary/aromatic N) is 1. The second-order valence-electron chi connectivity index (χ2n) is 6.28. The summed E-state index contributed by atoms with van der Waals surface area (Å²) in [5.74, 6) is 0. The van der Waals surface area contributed by atoms with Crippen molar-refractivity contribution in [2.45, 2.75) is 46.4 Å². The van der Waals surface area contributed by atoms with E-state index in [4.69, 9.17) is 4.42 Å².